The summed E-state index contributed by atoms with van der Waals surface area (Å²) in [4.78, 5) is 4.26. The van der Waals surface area contributed by atoms with Gasteiger partial charge in [0.25, 0.3) is 0 Å². The number of halogens is 1. The summed E-state index contributed by atoms with van der Waals surface area (Å²) >= 11 is 3.49. The van der Waals surface area contributed by atoms with Gasteiger partial charge in [-0.2, -0.15) is 0 Å². The van der Waals surface area contributed by atoms with E-state index in [0.29, 0.717) is 11.4 Å². The number of hydrogen-bond acceptors (Lipinski definition) is 3. The van der Waals surface area contributed by atoms with E-state index in [1.54, 1.807) is 13.4 Å². The molecule has 0 saturated heterocycles. The minimum atomic E-state index is 0.616. The van der Waals surface area contributed by atoms with Crippen molar-refractivity contribution in [3.8, 4) is 22.7 Å². The van der Waals surface area contributed by atoms with Crippen LogP contribution in [-0.2, 0) is 0 Å². The van der Waals surface area contributed by atoms with Crippen molar-refractivity contribution in [2.45, 2.75) is 0 Å². The normalized spacial score (nSPS) is 10.6. The topological polar surface area (TPSA) is 53.1 Å². The molecular weight excluding hydrogens is 330 g/mol. The monoisotopic (exact) mass is 343 g/mol. The molecule has 2 N–H and O–H groups in total. The van der Waals surface area contributed by atoms with Crippen molar-refractivity contribution < 1.29 is 4.74 Å². The van der Waals surface area contributed by atoms with Gasteiger partial charge < -0.3 is 10.5 Å². The van der Waals surface area contributed by atoms with E-state index in [9.17, 15) is 0 Å². The summed E-state index contributed by atoms with van der Waals surface area (Å²) in [6, 6.07) is 13.8. The largest absolute Gasteiger partial charge is 0.495 e. The van der Waals surface area contributed by atoms with E-state index in [2.05, 4.69) is 27.0 Å². The predicted octanol–water partition coefficient (Wildman–Crippen LogP) is 3.89. The van der Waals surface area contributed by atoms with E-state index in [1.165, 1.54) is 0 Å². The minimum Gasteiger partial charge on any atom is -0.495 e. The van der Waals surface area contributed by atoms with Crippen LogP contribution in [0.4, 0.5) is 5.69 Å². The van der Waals surface area contributed by atoms with Gasteiger partial charge in [-0.05, 0) is 24.3 Å². The Morgan fingerprint density at radius 3 is 2.81 bits per heavy atom. The fourth-order valence-electron chi connectivity index (χ4n) is 2.21. The van der Waals surface area contributed by atoms with Crippen LogP contribution in [0.1, 0.15) is 0 Å². The maximum atomic E-state index is 5.87. The Bertz CT molecular complexity index is 783. The van der Waals surface area contributed by atoms with Crippen molar-refractivity contribution in [2.24, 2.45) is 0 Å². The lowest BCUT2D eigenvalue weighted by Crippen LogP contribution is -1.98. The molecule has 0 unspecified atom stereocenters. The predicted molar refractivity (Wildman–Crippen MR) is 87.7 cm³/mol. The summed E-state index contributed by atoms with van der Waals surface area (Å²) in [6.07, 6.45) is 3.62. The lowest BCUT2D eigenvalue weighted by molar-refractivity contribution is 0.417. The first-order valence-corrected chi connectivity index (χ1v) is 7.20. The molecule has 0 radical (unpaired) electrons. The molecule has 21 heavy (non-hydrogen) atoms. The van der Waals surface area contributed by atoms with Crippen LogP contribution in [0.5, 0.6) is 5.75 Å². The first-order valence-electron chi connectivity index (χ1n) is 6.41. The van der Waals surface area contributed by atoms with Crippen LogP contribution in [0.15, 0.2) is 59.5 Å². The number of nitrogens with two attached hydrogens (primary N) is 1. The van der Waals surface area contributed by atoms with Gasteiger partial charge in [0.15, 0.2) is 0 Å². The van der Waals surface area contributed by atoms with Crippen LogP contribution in [0, 0.1) is 0 Å². The second-order valence-electron chi connectivity index (χ2n) is 4.59. The SMILES string of the molecule is COc1cc(-n2cncc2-c2cccc(Br)c2)ccc1N. The Balaban J connectivity index is 2.11. The molecule has 0 aliphatic rings. The molecule has 0 atom stereocenters. The molecule has 0 fully saturated rings. The Kier molecular flexibility index (Phi) is 3.66. The molecule has 3 aromatic rings. The van der Waals surface area contributed by atoms with Crippen molar-refractivity contribution in [3.63, 3.8) is 0 Å². The number of imidazole rings is 1. The number of hydrogen-bond donors (Lipinski definition) is 1. The number of nitrogens with zero attached hydrogens (tertiary/aromatic N) is 2. The highest BCUT2D eigenvalue weighted by Crippen LogP contribution is 2.29. The Hall–Kier alpha value is -2.27. The second kappa shape index (κ2) is 5.61. The highest BCUT2D eigenvalue weighted by molar-refractivity contribution is 9.10. The van der Waals surface area contributed by atoms with Gasteiger partial charge in [0, 0.05) is 16.1 Å². The molecule has 2 aromatic carbocycles. The number of anilines is 1. The molecule has 0 amide bonds. The lowest BCUT2D eigenvalue weighted by Gasteiger charge is -2.11. The third kappa shape index (κ3) is 2.64. The van der Waals surface area contributed by atoms with Crippen molar-refractivity contribution >= 4 is 21.6 Å². The Labute approximate surface area is 131 Å². The fraction of sp³-hybridized carbons (Fsp3) is 0.0625. The Morgan fingerprint density at radius 1 is 1.19 bits per heavy atom. The summed E-state index contributed by atoms with van der Waals surface area (Å²) in [5.41, 5.74) is 9.52. The quantitative estimate of drug-likeness (QED) is 0.734. The van der Waals surface area contributed by atoms with E-state index in [4.69, 9.17) is 10.5 Å². The van der Waals surface area contributed by atoms with Crippen LogP contribution in [0.2, 0.25) is 0 Å². The molecule has 0 saturated carbocycles. The summed E-state index contributed by atoms with van der Waals surface area (Å²) in [7, 11) is 1.61. The van der Waals surface area contributed by atoms with Gasteiger partial charge in [-0.1, -0.05) is 28.1 Å². The van der Waals surface area contributed by atoms with Crippen molar-refractivity contribution in [1.29, 1.82) is 0 Å². The number of methoxy groups -OCH3 is 1. The molecule has 106 valence electrons. The van der Waals surface area contributed by atoms with Gasteiger partial charge in [0.1, 0.15) is 5.75 Å². The third-order valence-corrected chi connectivity index (χ3v) is 3.75. The average Bonchev–Trinajstić information content (AvgIpc) is 2.97. The third-order valence-electron chi connectivity index (χ3n) is 3.25. The number of aromatic nitrogens is 2. The van der Waals surface area contributed by atoms with Crippen LogP contribution < -0.4 is 10.5 Å². The second-order valence-corrected chi connectivity index (χ2v) is 5.50. The highest BCUT2D eigenvalue weighted by Gasteiger charge is 2.09. The zero-order valence-electron chi connectivity index (χ0n) is 11.5. The molecule has 3 rings (SSSR count). The number of nitrogen functional groups attached to an aromatic ring is 1. The maximum absolute atomic E-state index is 5.87. The van der Waals surface area contributed by atoms with Crippen LogP contribution >= 0.6 is 15.9 Å². The standard InChI is InChI=1S/C16H14BrN3O/c1-21-16-8-13(5-6-14(16)18)20-10-19-9-15(20)11-3-2-4-12(17)7-11/h2-10H,18H2,1H3. The summed E-state index contributed by atoms with van der Waals surface area (Å²) in [5, 5.41) is 0. The minimum absolute atomic E-state index is 0.616. The van der Waals surface area contributed by atoms with E-state index < -0.39 is 0 Å². The van der Waals surface area contributed by atoms with Gasteiger partial charge in [-0.15, -0.1) is 0 Å². The first-order chi connectivity index (χ1) is 10.2. The molecule has 4 nitrogen and oxygen atoms in total. The summed E-state index contributed by atoms with van der Waals surface area (Å²) < 4.78 is 8.32. The average molecular weight is 344 g/mol. The first kappa shape index (κ1) is 13.7. The van der Waals surface area contributed by atoms with E-state index in [1.807, 2.05) is 47.2 Å². The molecule has 0 aliphatic heterocycles. The molecule has 0 aliphatic carbocycles. The van der Waals surface area contributed by atoms with Gasteiger partial charge in [0.2, 0.25) is 0 Å². The van der Waals surface area contributed by atoms with Gasteiger partial charge >= 0.3 is 0 Å². The molecule has 0 bridgehead atoms. The van der Waals surface area contributed by atoms with E-state index >= 15 is 0 Å². The number of benzene rings is 2. The zero-order valence-corrected chi connectivity index (χ0v) is 13.0. The molecule has 1 heterocycles. The van der Waals surface area contributed by atoms with Crippen LogP contribution in [-0.4, -0.2) is 16.7 Å². The molecular formula is C16H14BrN3O. The maximum Gasteiger partial charge on any atom is 0.143 e. The van der Waals surface area contributed by atoms with E-state index in [-0.39, 0.29) is 0 Å². The van der Waals surface area contributed by atoms with E-state index in [0.717, 1.165) is 21.4 Å². The smallest absolute Gasteiger partial charge is 0.143 e. The Morgan fingerprint density at radius 2 is 2.05 bits per heavy atom. The van der Waals surface area contributed by atoms with Gasteiger partial charge in [-0.3, -0.25) is 4.57 Å². The van der Waals surface area contributed by atoms with Crippen molar-refractivity contribution in [2.75, 3.05) is 12.8 Å². The van der Waals surface area contributed by atoms with Crippen LogP contribution in [0.25, 0.3) is 16.9 Å². The zero-order chi connectivity index (χ0) is 14.8. The molecule has 0 spiro atoms. The van der Waals surface area contributed by atoms with Crippen molar-refractivity contribution in [1.82, 2.24) is 9.55 Å². The van der Waals surface area contributed by atoms with Gasteiger partial charge in [0.05, 0.1) is 36.7 Å². The highest BCUT2D eigenvalue weighted by atomic mass is 79.9. The molecule has 5 heteroatoms. The number of ether oxygens (including phenoxy) is 1. The van der Waals surface area contributed by atoms with Gasteiger partial charge in [-0.25, -0.2) is 4.98 Å². The fourth-order valence-corrected chi connectivity index (χ4v) is 2.61. The van der Waals surface area contributed by atoms with Crippen molar-refractivity contribution in [3.05, 3.63) is 59.5 Å². The summed E-state index contributed by atoms with van der Waals surface area (Å²) in [6.45, 7) is 0. The van der Waals surface area contributed by atoms with Crippen LogP contribution in [0.3, 0.4) is 0 Å². The lowest BCUT2D eigenvalue weighted by atomic mass is 10.1. The molecule has 1 aromatic heterocycles. The summed E-state index contributed by atoms with van der Waals surface area (Å²) in [5.74, 6) is 0.654. The number of rotatable bonds is 3.